The van der Waals surface area contributed by atoms with Crippen molar-refractivity contribution in [3.05, 3.63) is 23.8 Å². The van der Waals surface area contributed by atoms with E-state index in [1.807, 2.05) is 18.2 Å². The number of rotatable bonds is 1. The van der Waals surface area contributed by atoms with Gasteiger partial charge in [-0.05, 0) is 24.1 Å². The lowest BCUT2D eigenvalue weighted by molar-refractivity contribution is 1.05. The maximum atomic E-state index is 5.69. The Labute approximate surface area is 76.1 Å². The first-order chi connectivity index (χ1) is 6.22. The van der Waals surface area contributed by atoms with Gasteiger partial charge in [0.1, 0.15) is 0 Å². The third-order valence-electron chi connectivity index (χ3n) is 2.19. The predicted octanol–water partition coefficient (Wildman–Crippen LogP) is 0.895. The Hall–Kier alpha value is -1.71. The second kappa shape index (κ2) is 2.65. The van der Waals surface area contributed by atoms with Gasteiger partial charge in [-0.15, -0.1) is 0 Å². The largest absolute Gasteiger partial charge is 0.368 e. The van der Waals surface area contributed by atoms with Crippen LogP contribution in [-0.2, 0) is 6.42 Å². The monoisotopic (exact) mass is 176 g/mol. The highest BCUT2D eigenvalue weighted by atomic mass is 15.4. The smallest absolute Gasteiger partial charge is 0.220 e. The van der Waals surface area contributed by atoms with Crippen LogP contribution >= 0.6 is 0 Å². The molecule has 68 valence electrons. The number of fused-ring (bicyclic) bond motifs is 1. The molecule has 4 N–H and O–H groups in total. The molecule has 4 heteroatoms. The van der Waals surface area contributed by atoms with Crippen LogP contribution in [0.4, 0.5) is 5.95 Å². The van der Waals surface area contributed by atoms with E-state index in [1.54, 1.807) is 0 Å². The van der Waals surface area contributed by atoms with Crippen LogP contribution in [0.3, 0.4) is 0 Å². The van der Waals surface area contributed by atoms with Crippen molar-refractivity contribution in [3.8, 4) is 0 Å². The minimum absolute atomic E-state index is 0.350. The van der Waals surface area contributed by atoms with Crippen LogP contribution in [0.2, 0.25) is 0 Å². The number of nitrogens with two attached hydrogens (primary N) is 2. The van der Waals surface area contributed by atoms with E-state index in [1.165, 1.54) is 10.2 Å². The van der Waals surface area contributed by atoms with Crippen LogP contribution in [0.15, 0.2) is 18.2 Å². The Morgan fingerprint density at radius 1 is 1.46 bits per heavy atom. The van der Waals surface area contributed by atoms with Crippen molar-refractivity contribution in [3.63, 3.8) is 0 Å². The second-order valence-electron chi connectivity index (χ2n) is 3.02. The molecule has 0 saturated heterocycles. The molecule has 0 aliphatic rings. The number of aromatic nitrogens is 2. The number of hydrogen-bond acceptors (Lipinski definition) is 3. The van der Waals surface area contributed by atoms with Crippen molar-refractivity contribution >= 4 is 17.0 Å². The highest BCUT2D eigenvalue weighted by Gasteiger charge is 2.04. The molecule has 0 aliphatic heterocycles. The Morgan fingerprint density at radius 3 is 2.92 bits per heavy atom. The van der Waals surface area contributed by atoms with Crippen molar-refractivity contribution in [1.29, 1.82) is 0 Å². The zero-order valence-corrected chi connectivity index (χ0v) is 7.49. The third kappa shape index (κ3) is 1.11. The van der Waals surface area contributed by atoms with Crippen molar-refractivity contribution in [2.24, 2.45) is 0 Å². The summed E-state index contributed by atoms with van der Waals surface area (Å²) in [5, 5.41) is 0. The SMILES string of the molecule is CCc1ccc2nc(N)n(N)c2c1. The number of nitrogens with zero attached hydrogens (tertiary/aromatic N) is 2. The lowest BCUT2D eigenvalue weighted by Crippen LogP contribution is -2.11. The lowest BCUT2D eigenvalue weighted by Gasteiger charge is -1.98. The summed E-state index contributed by atoms with van der Waals surface area (Å²) in [5.74, 6) is 6.04. The molecular weight excluding hydrogens is 164 g/mol. The molecule has 0 saturated carbocycles. The summed E-state index contributed by atoms with van der Waals surface area (Å²) >= 11 is 0. The van der Waals surface area contributed by atoms with Crippen LogP contribution in [-0.4, -0.2) is 9.66 Å². The van der Waals surface area contributed by atoms with E-state index in [4.69, 9.17) is 11.6 Å². The molecule has 13 heavy (non-hydrogen) atoms. The summed E-state index contributed by atoms with van der Waals surface area (Å²) in [6.07, 6.45) is 0.987. The molecule has 2 rings (SSSR count). The molecule has 0 radical (unpaired) electrons. The molecule has 4 nitrogen and oxygen atoms in total. The Bertz CT molecular complexity index is 444. The van der Waals surface area contributed by atoms with Gasteiger partial charge in [-0.25, -0.2) is 9.66 Å². The number of imidazole rings is 1. The first-order valence-corrected chi connectivity index (χ1v) is 4.24. The fourth-order valence-corrected chi connectivity index (χ4v) is 1.38. The molecule has 1 heterocycles. The van der Waals surface area contributed by atoms with Gasteiger partial charge in [-0.1, -0.05) is 13.0 Å². The van der Waals surface area contributed by atoms with Gasteiger partial charge in [0.2, 0.25) is 5.95 Å². The number of benzene rings is 1. The molecule has 2 aromatic rings. The fourth-order valence-electron chi connectivity index (χ4n) is 1.38. The van der Waals surface area contributed by atoms with Crippen LogP contribution < -0.4 is 11.6 Å². The maximum Gasteiger partial charge on any atom is 0.220 e. The average molecular weight is 176 g/mol. The molecular formula is C9H12N4. The van der Waals surface area contributed by atoms with Gasteiger partial charge >= 0.3 is 0 Å². The summed E-state index contributed by atoms with van der Waals surface area (Å²) in [4.78, 5) is 4.10. The van der Waals surface area contributed by atoms with E-state index < -0.39 is 0 Å². The Kier molecular flexibility index (Phi) is 1.62. The summed E-state index contributed by atoms with van der Waals surface area (Å²) in [6, 6.07) is 5.99. The third-order valence-corrected chi connectivity index (χ3v) is 2.19. The fraction of sp³-hybridized carbons (Fsp3) is 0.222. The van der Waals surface area contributed by atoms with Gasteiger partial charge in [0.15, 0.2) is 0 Å². The number of anilines is 1. The summed E-state index contributed by atoms with van der Waals surface area (Å²) in [7, 11) is 0. The molecule has 1 aromatic heterocycles. The minimum Gasteiger partial charge on any atom is -0.368 e. The van der Waals surface area contributed by atoms with Crippen LogP contribution in [0.1, 0.15) is 12.5 Å². The number of aryl methyl sites for hydroxylation is 1. The summed E-state index contributed by atoms with van der Waals surface area (Å²) in [6.45, 7) is 2.10. The van der Waals surface area contributed by atoms with Crippen molar-refractivity contribution < 1.29 is 0 Å². The quantitative estimate of drug-likeness (QED) is 0.634. The molecule has 0 bridgehead atoms. The van der Waals surface area contributed by atoms with Crippen LogP contribution in [0.25, 0.3) is 11.0 Å². The summed E-state index contributed by atoms with van der Waals surface area (Å²) < 4.78 is 1.41. The molecule has 0 fully saturated rings. The lowest BCUT2D eigenvalue weighted by atomic mass is 10.1. The molecule has 1 aromatic carbocycles. The molecule has 0 aliphatic carbocycles. The van der Waals surface area contributed by atoms with Crippen molar-refractivity contribution in [1.82, 2.24) is 9.66 Å². The van der Waals surface area contributed by atoms with Crippen LogP contribution in [0.5, 0.6) is 0 Å². The zero-order valence-electron chi connectivity index (χ0n) is 7.49. The molecule has 0 atom stereocenters. The second-order valence-corrected chi connectivity index (χ2v) is 3.02. The minimum atomic E-state index is 0.350. The van der Waals surface area contributed by atoms with E-state index in [-0.39, 0.29) is 0 Å². The molecule has 0 unspecified atom stereocenters. The van der Waals surface area contributed by atoms with Gasteiger partial charge < -0.3 is 11.6 Å². The van der Waals surface area contributed by atoms with E-state index in [0.29, 0.717) is 5.95 Å². The number of hydrogen-bond donors (Lipinski definition) is 2. The van der Waals surface area contributed by atoms with Crippen molar-refractivity contribution in [2.75, 3.05) is 11.6 Å². The highest BCUT2D eigenvalue weighted by molar-refractivity contribution is 5.79. The Balaban J connectivity index is 2.75. The maximum absolute atomic E-state index is 5.69. The Morgan fingerprint density at radius 2 is 2.23 bits per heavy atom. The number of nitrogen functional groups attached to an aromatic ring is 2. The van der Waals surface area contributed by atoms with E-state index in [9.17, 15) is 0 Å². The van der Waals surface area contributed by atoms with E-state index in [0.717, 1.165) is 17.5 Å². The normalized spacial score (nSPS) is 10.8. The molecule has 0 spiro atoms. The molecule has 0 amide bonds. The summed E-state index contributed by atoms with van der Waals surface area (Å²) in [5.41, 5.74) is 8.54. The van der Waals surface area contributed by atoms with Gasteiger partial charge in [-0.2, -0.15) is 0 Å². The highest BCUT2D eigenvalue weighted by Crippen LogP contribution is 2.16. The first kappa shape index (κ1) is 7.91. The van der Waals surface area contributed by atoms with E-state index >= 15 is 0 Å². The van der Waals surface area contributed by atoms with Crippen LogP contribution in [0, 0.1) is 0 Å². The van der Waals surface area contributed by atoms with E-state index in [2.05, 4.69) is 11.9 Å². The topological polar surface area (TPSA) is 69.9 Å². The standard InChI is InChI=1S/C9H12N4/c1-2-6-3-4-7-8(5-6)13(11)9(10)12-7/h3-5H,2,11H2,1H3,(H2,10,12). The van der Waals surface area contributed by atoms with Gasteiger partial charge in [0.25, 0.3) is 0 Å². The predicted molar refractivity (Wildman–Crippen MR) is 53.7 cm³/mol. The first-order valence-electron chi connectivity index (χ1n) is 4.24. The average Bonchev–Trinajstić information content (AvgIpc) is 2.43. The van der Waals surface area contributed by atoms with Crippen molar-refractivity contribution in [2.45, 2.75) is 13.3 Å². The van der Waals surface area contributed by atoms with Gasteiger partial charge in [0.05, 0.1) is 11.0 Å². The van der Waals surface area contributed by atoms with Gasteiger partial charge in [0, 0.05) is 0 Å². The van der Waals surface area contributed by atoms with Gasteiger partial charge in [-0.3, -0.25) is 0 Å². The zero-order chi connectivity index (χ0) is 9.42.